The Morgan fingerprint density at radius 1 is 0.833 bits per heavy atom. The molecule has 0 spiro atoms. The lowest BCUT2D eigenvalue weighted by molar-refractivity contribution is -0.154. The van der Waals surface area contributed by atoms with E-state index in [4.69, 9.17) is 21.1 Å². The minimum atomic E-state index is -4.65. The van der Waals surface area contributed by atoms with Gasteiger partial charge in [-0.3, -0.25) is 14.4 Å². The van der Waals surface area contributed by atoms with Crippen molar-refractivity contribution >= 4 is 58.6 Å². The molecule has 1 saturated carbocycles. The van der Waals surface area contributed by atoms with Gasteiger partial charge in [0.15, 0.2) is 6.61 Å². The molecule has 0 aliphatic heterocycles. The zero-order valence-corrected chi connectivity index (χ0v) is 32.1. The highest BCUT2D eigenvalue weighted by atomic mass is 35.5. The van der Waals surface area contributed by atoms with Crippen molar-refractivity contribution in [2.24, 2.45) is 0 Å². The van der Waals surface area contributed by atoms with Gasteiger partial charge in [0.25, 0.3) is 5.91 Å². The van der Waals surface area contributed by atoms with Gasteiger partial charge in [-0.2, -0.15) is 28.1 Å². The third-order valence-corrected chi connectivity index (χ3v) is 8.99. The third-order valence-electron chi connectivity index (χ3n) is 8.73. The molecule has 17 nitrogen and oxygen atoms in total. The van der Waals surface area contributed by atoms with Crippen molar-refractivity contribution in [1.29, 1.82) is 0 Å². The molecule has 312 valence electrons. The van der Waals surface area contributed by atoms with Crippen LogP contribution >= 0.6 is 11.6 Å². The molecule has 6 rings (SSSR count). The molecule has 1 fully saturated rings. The highest BCUT2D eigenvalue weighted by Gasteiger charge is 2.45. The Morgan fingerprint density at radius 3 is 2.15 bits per heavy atom. The largest absolute Gasteiger partial charge is 0.493 e. The van der Waals surface area contributed by atoms with Crippen LogP contribution < -0.4 is 36.1 Å². The number of hydrogen-bond acceptors (Lipinski definition) is 13. The maximum Gasteiger partial charge on any atom is 0.422 e. The van der Waals surface area contributed by atoms with Gasteiger partial charge in [0.05, 0.1) is 12.1 Å². The van der Waals surface area contributed by atoms with E-state index in [2.05, 4.69) is 51.5 Å². The fourth-order valence-electron chi connectivity index (χ4n) is 5.56. The standard InChI is InChI=1S/C39H36ClF3N10O7/c40-25-6-4-24(5-7-25)38(16-17-38)53-36-50-35(51-37(52-36)60-22-39(41,42)43)48-27-8-2-23(3-9-27)31(54)49-29(34(57)58)14-20-46-32(55)33(56)47-26-10-12-28(13-11-26)59-21-15-30-44-18-1-19-45-30/h1-13,18-19,29H,14-17,20-22H2,(H,46,55)(H,47,56)(H,49,54)(H,57,58)(H2,48,50,51,52,53). The quantitative estimate of drug-likeness (QED) is 0.0634. The van der Waals surface area contributed by atoms with Crippen molar-refractivity contribution in [3.63, 3.8) is 0 Å². The van der Waals surface area contributed by atoms with Gasteiger partial charge in [0, 0.05) is 47.3 Å². The van der Waals surface area contributed by atoms with Crippen molar-refractivity contribution in [2.45, 2.75) is 43.4 Å². The first-order valence-corrected chi connectivity index (χ1v) is 18.6. The van der Waals surface area contributed by atoms with Gasteiger partial charge in [-0.05, 0) is 91.6 Å². The summed E-state index contributed by atoms with van der Waals surface area (Å²) in [6.07, 6.45) is 0.247. The second-order valence-electron chi connectivity index (χ2n) is 13.2. The molecule has 3 aromatic carbocycles. The van der Waals surface area contributed by atoms with Crippen molar-refractivity contribution in [3.8, 4) is 11.8 Å². The number of carbonyl (C=O) groups excluding carboxylic acids is 3. The highest BCUT2D eigenvalue weighted by molar-refractivity contribution is 6.39. The highest BCUT2D eigenvalue weighted by Crippen LogP contribution is 2.48. The number of anilines is 4. The van der Waals surface area contributed by atoms with Crippen LogP contribution in [0.15, 0.2) is 91.3 Å². The van der Waals surface area contributed by atoms with Crippen molar-refractivity contribution in [2.75, 3.05) is 35.7 Å². The van der Waals surface area contributed by atoms with Crippen LogP contribution in [0.4, 0.5) is 36.4 Å². The Morgan fingerprint density at radius 2 is 1.50 bits per heavy atom. The lowest BCUT2D eigenvalue weighted by atomic mass is 10.1. The maximum absolute atomic E-state index is 13.0. The summed E-state index contributed by atoms with van der Waals surface area (Å²) in [6.45, 7) is -1.57. The fourth-order valence-corrected chi connectivity index (χ4v) is 5.68. The lowest BCUT2D eigenvalue weighted by Crippen LogP contribution is -2.44. The Kier molecular flexibility index (Phi) is 13.5. The molecule has 60 heavy (non-hydrogen) atoms. The molecule has 1 aliphatic rings. The van der Waals surface area contributed by atoms with E-state index in [9.17, 15) is 37.5 Å². The van der Waals surface area contributed by atoms with Gasteiger partial charge in [0.2, 0.25) is 11.9 Å². The third kappa shape index (κ3) is 12.5. The fraction of sp³-hybridized carbons (Fsp3) is 0.256. The molecule has 2 heterocycles. The number of halogens is 4. The van der Waals surface area contributed by atoms with E-state index in [1.807, 2.05) is 12.1 Å². The van der Waals surface area contributed by atoms with E-state index in [1.165, 1.54) is 24.3 Å². The van der Waals surface area contributed by atoms with Gasteiger partial charge in [0.1, 0.15) is 17.6 Å². The number of amides is 3. The van der Waals surface area contributed by atoms with Gasteiger partial charge in [-0.15, -0.1) is 0 Å². The Labute approximate surface area is 344 Å². The zero-order valence-electron chi connectivity index (χ0n) is 31.3. The zero-order chi connectivity index (χ0) is 42.7. The SMILES string of the molecule is O=C(NCCC(NC(=O)c1ccc(Nc2nc(NC3(c4ccc(Cl)cc4)CC3)nc(OCC(F)(F)F)n2)cc1)C(=O)O)C(=O)Nc1ccc(OCCc2ncccn2)cc1. The summed E-state index contributed by atoms with van der Waals surface area (Å²) >= 11 is 6.03. The number of ether oxygens (including phenoxy) is 2. The molecule has 1 unspecified atom stereocenters. The summed E-state index contributed by atoms with van der Waals surface area (Å²) in [7, 11) is 0. The maximum atomic E-state index is 13.0. The number of rotatable bonds is 18. The van der Waals surface area contributed by atoms with E-state index >= 15 is 0 Å². The summed E-state index contributed by atoms with van der Waals surface area (Å²) in [4.78, 5) is 70.3. The minimum Gasteiger partial charge on any atom is -0.493 e. The predicted octanol–water partition coefficient (Wildman–Crippen LogP) is 5.05. The summed E-state index contributed by atoms with van der Waals surface area (Å²) in [5, 5.41) is 23.4. The number of alkyl halides is 3. The van der Waals surface area contributed by atoms with Crippen LogP contribution in [0, 0.1) is 0 Å². The molecule has 2 aromatic heterocycles. The van der Waals surface area contributed by atoms with E-state index in [-0.39, 0.29) is 30.4 Å². The van der Waals surface area contributed by atoms with Crippen molar-refractivity contribution < 1.29 is 46.9 Å². The molecule has 6 N–H and O–H groups in total. The lowest BCUT2D eigenvalue weighted by Gasteiger charge is -2.19. The minimum absolute atomic E-state index is 0.0486. The Balaban J connectivity index is 0.988. The van der Waals surface area contributed by atoms with E-state index in [1.54, 1.807) is 54.9 Å². The first-order valence-electron chi connectivity index (χ1n) is 18.2. The van der Waals surface area contributed by atoms with Crippen LogP contribution in [0.2, 0.25) is 5.02 Å². The summed E-state index contributed by atoms with van der Waals surface area (Å²) in [5.74, 6) is -3.21. The Bertz CT molecular complexity index is 2290. The van der Waals surface area contributed by atoms with Crippen molar-refractivity contribution in [1.82, 2.24) is 35.6 Å². The molecule has 0 radical (unpaired) electrons. The van der Waals surface area contributed by atoms with Gasteiger partial charge in [-0.1, -0.05) is 23.7 Å². The molecule has 1 aliphatic carbocycles. The molecule has 3 amide bonds. The van der Waals surface area contributed by atoms with E-state index < -0.39 is 54.1 Å². The number of nitrogens with one attached hydrogen (secondary N) is 5. The number of benzene rings is 3. The topological polar surface area (TPSA) is 232 Å². The first kappa shape index (κ1) is 42.5. The second kappa shape index (κ2) is 19.1. The van der Waals surface area contributed by atoms with Crippen LogP contribution in [0.5, 0.6) is 11.8 Å². The number of aliphatic carboxylic acids is 1. The van der Waals surface area contributed by atoms with Gasteiger partial charge in [-0.25, -0.2) is 14.8 Å². The number of carbonyl (C=O) groups is 4. The molecule has 5 aromatic rings. The van der Waals surface area contributed by atoms with E-state index in [0.29, 0.717) is 53.8 Å². The van der Waals surface area contributed by atoms with Gasteiger partial charge < -0.3 is 41.2 Å². The molecular weight excluding hydrogens is 813 g/mol. The van der Waals surface area contributed by atoms with Crippen LogP contribution in [-0.4, -0.2) is 85.7 Å². The molecule has 21 heteroatoms. The molecule has 1 atom stereocenters. The predicted molar refractivity (Wildman–Crippen MR) is 210 cm³/mol. The van der Waals surface area contributed by atoms with Crippen LogP contribution in [-0.2, 0) is 26.3 Å². The van der Waals surface area contributed by atoms with Gasteiger partial charge >= 0.3 is 30.0 Å². The monoisotopic (exact) mass is 848 g/mol. The van der Waals surface area contributed by atoms with Crippen LogP contribution in [0.1, 0.15) is 41.0 Å². The number of hydrogen-bond donors (Lipinski definition) is 6. The summed E-state index contributed by atoms with van der Waals surface area (Å²) < 4.78 is 49.4. The molecular formula is C39H36ClF3N10O7. The van der Waals surface area contributed by atoms with Crippen LogP contribution in [0.3, 0.4) is 0 Å². The van der Waals surface area contributed by atoms with Crippen molar-refractivity contribution in [3.05, 3.63) is 113 Å². The number of carboxylic acids is 1. The second-order valence-corrected chi connectivity index (χ2v) is 13.7. The number of aromatic nitrogens is 5. The van der Waals surface area contributed by atoms with E-state index in [0.717, 1.165) is 5.56 Å². The summed E-state index contributed by atoms with van der Waals surface area (Å²) in [5.41, 5.74) is 1.000. The van der Waals surface area contributed by atoms with Crippen LogP contribution in [0.25, 0.3) is 0 Å². The average Bonchev–Trinajstić information content (AvgIpc) is 4.01. The Hall–Kier alpha value is -7.09. The molecule has 0 saturated heterocycles. The average molecular weight is 849 g/mol. The smallest absolute Gasteiger partial charge is 0.422 e. The first-order chi connectivity index (χ1) is 28.7. The molecule has 0 bridgehead atoms. The normalized spacial score (nSPS) is 13.3. The number of carboxylic acid groups (broad SMARTS) is 1. The summed E-state index contributed by atoms with van der Waals surface area (Å²) in [6, 6.07) is 18.7. The number of nitrogens with zero attached hydrogens (tertiary/aromatic N) is 5.